The van der Waals surface area contributed by atoms with E-state index in [9.17, 15) is 9.59 Å². The number of hydrogen-bond donors (Lipinski definition) is 2. The summed E-state index contributed by atoms with van der Waals surface area (Å²) in [7, 11) is 0. The Labute approximate surface area is 105 Å². The second-order valence-corrected chi connectivity index (χ2v) is 4.30. The molecule has 2 unspecified atom stereocenters. The average molecular weight is 249 g/mol. The predicted molar refractivity (Wildman–Crippen MR) is 64.5 cm³/mol. The van der Waals surface area contributed by atoms with E-state index in [0.717, 1.165) is 11.3 Å². The Bertz CT molecular complexity index is 472. The molecule has 1 aromatic rings. The number of nitrogens with one attached hydrogen (secondary N) is 1. The Morgan fingerprint density at radius 3 is 2.78 bits per heavy atom. The number of amides is 1. The number of benzene rings is 1. The van der Waals surface area contributed by atoms with Crippen LogP contribution < -0.4 is 10.1 Å². The van der Waals surface area contributed by atoms with Gasteiger partial charge in [0.2, 0.25) is 0 Å². The van der Waals surface area contributed by atoms with Crippen molar-refractivity contribution in [3.05, 3.63) is 29.8 Å². The minimum absolute atomic E-state index is 0.0222. The Morgan fingerprint density at radius 1 is 1.39 bits per heavy atom. The number of carbonyl (C=O) groups excluding carboxylic acids is 1. The van der Waals surface area contributed by atoms with E-state index in [1.807, 2.05) is 31.2 Å². The van der Waals surface area contributed by atoms with Crippen molar-refractivity contribution in [2.75, 3.05) is 6.54 Å². The van der Waals surface area contributed by atoms with Crippen LogP contribution in [0.2, 0.25) is 0 Å². The van der Waals surface area contributed by atoms with Gasteiger partial charge in [-0.05, 0) is 6.07 Å². The lowest BCUT2D eigenvalue weighted by Crippen LogP contribution is -2.39. The number of fused-ring (bicyclic) bond motifs is 1. The van der Waals surface area contributed by atoms with Crippen LogP contribution in [0.15, 0.2) is 24.3 Å². The highest BCUT2D eigenvalue weighted by Gasteiger charge is 2.35. The van der Waals surface area contributed by atoms with E-state index in [-0.39, 0.29) is 24.8 Å². The molecule has 2 rings (SSSR count). The molecule has 0 spiro atoms. The molecule has 0 radical (unpaired) electrons. The molecular formula is C13H15NO4. The van der Waals surface area contributed by atoms with Gasteiger partial charge in [-0.3, -0.25) is 9.59 Å². The van der Waals surface area contributed by atoms with Crippen molar-refractivity contribution in [3.63, 3.8) is 0 Å². The molecule has 2 atom stereocenters. The molecule has 96 valence electrons. The third kappa shape index (κ3) is 2.45. The lowest BCUT2D eigenvalue weighted by atomic mass is 9.97. The summed E-state index contributed by atoms with van der Waals surface area (Å²) in [6.07, 6.45) is -0.657. The zero-order chi connectivity index (χ0) is 13.1. The van der Waals surface area contributed by atoms with Gasteiger partial charge in [0.1, 0.15) is 5.75 Å². The van der Waals surface area contributed by atoms with Gasteiger partial charge in [0.25, 0.3) is 5.91 Å². The zero-order valence-electron chi connectivity index (χ0n) is 10.1. The molecule has 1 aliphatic rings. The quantitative estimate of drug-likeness (QED) is 0.839. The highest BCUT2D eigenvalue weighted by molar-refractivity contribution is 5.83. The van der Waals surface area contributed by atoms with E-state index in [0.29, 0.717) is 0 Å². The molecule has 0 bridgehead atoms. The van der Waals surface area contributed by atoms with Crippen LogP contribution in [0.25, 0.3) is 0 Å². The van der Waals surface area contributed by atoms with Crippen LogP contribution in [0.4, 0.5) is 0 Å². The molecular weight excluding hydrogens is 234 g/mol. The van der Waals surface area contributed by atoms with Crippen LogP contribution >= 0.6 is 0 Å². The van der Waals surface area contributed by atoms with Gasteiger partial charge in [-0.25, -0.2) is 0 Å². The number of rotatable bonds is 4. The largest absolute Gasteiger partial charge is 0.481 e. The summed E-state index contributed by atoms with van der Waals surface area (Å²) in [5.41, 5.74) is 1.01. The third-order valence-corrected chi connectivity index (χ3v) is 3.01. The number of carboxylic acids is 1. The minimum atomic E-state index is -0.932. The van der Waals surface area contributed by atoms with E-state index in [1.165, 1.54) is 0 Å². The van der Waals surface area contributed by atoms with Gasteiger partial charge >= 0.3 is 5.97 Å². The monoisotopic (exact) mass is 249 g/mol. The fourth-order valence-electron chi connectivity index (χ4n) is 2.04. The molecule has 1 aliphatic heterocycles. The summed E-state index contributed by atoms with van der Waals surface area (Å²) in [5, 5.41) is 11.1. The first kappa shape index (κ1) is 12.4. The summed E-state index contributed by atoms with van der Waals surface area (Å²) in [4.78, 5) is 22.2. The van der Waals surface area contributed by atoms with Crippen LogP contribution in [0, 0.1) is 0 Å². The van der Waals surface area contributed by atoms with E-state index in [1.54, 1.807) is 0 Å². The van der Waals surface area contributed by atoms with Gasteiger partial charge in [-0.15, -0.1) is 0 Å². The average Bonchev–Trinajstić information content (AvgIpc) is 2.67. The first-order chi connectivity index (χ1) is 8.59. The molecule has 1 amide bonds. The van der Waals surface area contributed by atoms with Crippen LogP contribution in [0.5, 0.6) is 5.75 Å². The normalized spacial score (nSPS) is 20.9. The Hall–Kier alpha value is -2.04. The van der Waals surface area contributed by atoms with Crippen molar-refractivity contribution in [2.24, 2.45) is 0 Å². The molecule has 0 saturated heterocycles. The van der Waals surface area contributed by atoms with Gasteiger partial charge < -0.3 is 15.2 Å². The first-order valence-corrected chi connectivity index (χ1v) is 5.84. The fourth-order valence-corrected chi connectivity index (χ4v) is 2.04. The number of carboxylic acid groups (broad SMARTS) is 1. The number of aliphatic carboxylic acids is 1. The molecule has 5 heteroatoms. The molecule has 0 fully saturated rings. The van der Waals surface area contributed by atoms with Crippen molar-refractivity contribution in [2.45, 2.75) is 25.4 Å². The molecule has 0 aromatic heterocycles. The second kappa shape index (κ2) is 5.08. The summed E-state index contributed by atoms with van der Waals surface area (Å²) >= 11 is 0. The molecule has 1 aromatic carbocycles. The van der Waals surface area contributed by atoms with E-state index < -0.39 is 12.1 Å². The minimum Gasteiger partial charge on any atom is -0.481 e. The number of hydrogen-bond acceptors (Lipinski definition) is 3. The second-order valence-electron chi connectivity index (χ2n) is 4.30. The maximum atomic E-state index is 11.9. The molecule has 18 heavy (non-hydrogen) atoms. The smallest absolute Gasteiger partial charge is 0.305 e. The van der Waals surface area contributed by atoms with Crippen molar-refractivity contribution in [1.82, 2.24) is 5.32 Å². The van der Waals surface area contributed by atoms with Crippen LogP contribution in [0.3, 0.4) is 0 Å². The number of ether oxygens (including phenoxy) is 1. The van der Waals surface area contributed by atoms with E-state index in [4.69, 9.17) is 9.84 Å². The highest BCUT2D eigenvalue weighted by atomic mass is 16.5. The summed E-state index contributed by atoms with van der Waals surface area (Å²) in [5.74, 6) is -0.492. The lowest BCUT2D eigenvalue weighted by molar-refractivity contribution is -0.137. The standard InChI is InChI=1S/C13H15NO4/c1-8-9-4-2-3-5-10(9)18-12(8)13(17)14-7-6-11(15)16/h2-5,8,12H,6-7H2,1H3,(H,14,17)(H,15,16). The fraction of sp³-hybridized carbons (Fsp3) is 0.385. The molecule has 1 heterocycles. The van der Waals surface area contributed by atoms with E-state index >= 15 is 0 Å². The maximum absolute atomic E-state index is 11.9. The van der Waals surface area contributed by atoms with Gasteiger partial charge in [-0.1, -0.05) is 25.1 Å². The summed E-state index contributed by atoms with van der Waals surface area (Å²) in [6.45, 7) is 2.05. The summed E-state index contributed by atoms with van der Waals surface area (Å²) < 4.78 is 5.58. The Morgan fingerprint density at radius 2 is 2.11 bits per heavy atom. The number of carbonyl (C=O) groups is 2. The third-order valence-electron chi connectivity index (χ3n) is 3.01. The highest BCUT2D eigenvalue weighted by Crippen LogP contribution is 2.37. The van der Waals surface area contributed by atoms with E-state index in [2.05, 4.69) is 5.32 Å². The molecule has 0 aliphatic carbocycles. The van der Waals surface area contributed by atoms with Gasteiger partial charge in [-0.2, -0.15) is 0 Å². The van der Waals surface area contributed by atoms with Crippen molar-refractivity contribution >= 4 is 11.9 Å². The Kier molecular flexibility index (Phi) is 3.50. The van der Waals surface area contributed by atoms with Gasteiger partial charge in [0.15, 0.2) is 6.10 Å². The van der Waals surface area contributed by atoms with Crippen molar-refractivity contribution in [3.8, 4) is 5.75 Å². The van der Waals surface area contributed by atoms with Crippen molar-refractivity contribution < 1.29 is 19.4 Å². The number of para-hydroxylation sites is 1. The van der Waals surface area contributed by atoms with Gasteiger partial charge in [0.05, 0.1) is 6.42 Å². The van der Waals surface area contributed by atoms with Gasteiger partial charge in [0, 0.05) is 18.0 Å². The SMILES string of the molecule is CC1c2ccccc2OC1C(=O)NCCC(=O)O. The molecule has 5 nitrogen and oxygen atoms in total. The zero-order valence-corrected chi connectivity index (χ0v) is 10.1. The van der Waals surface area contributed by atoms with Crippen LogP contribution in [-0.2, 0) is 9.59 Å². The summed E-state index contributed by atoms with van der Waals surface area (Å²) in [6, 6.07) is 7.53. The maximum Gasteiger partial charge on any atom is 0.305 e. The molecule has 2 N–H and O–H groups in total. The van der Waals surface area contributed by atoms with Crippen LogP contribution in [0.1, 0.15) is 24.8 Å². The topological polar surface area (TPSA) is 75.6 Å². The van der Waals surface area contributed by atoms with Crippen molar-refractivity contribution in [1.29, 1.82) is 0 Å². The lowest BCUT2D eigenvalue weighted by Gasteiger charge is -2.14. The molecule has 0 saturated carbocycles. The predicted octanol–water partition coefficient (Wildman–Crippen LogP) is 1.14. The Balaban J connectivity index is 1.96. The first-order valence-electron chi connectivity index (χ1n) is 5.84. The van der Waals surface area contributed by atoms with Crippen LogP contribution in [-0.4, -0.2) is 29.6 Å².